The Morgan fingerprint density at radius 2 is 1.81 bits per heavy atom. The fourth-order valence-electron chi connectivity index (χ4n) is 2.45. The Kier molecular flexibility index (Phi) is 4.42. The van der Waals surface area contributed by atoms with Crippen molar-refractivity contribution in [2.75, 3.05) is 0 Å². The lowest BCUT2D eigenvalue weighted by molar-refractivity contribution is -0.137. The Hall–Kier alpha value is -2.57. The lowest BCUT2D eigenvalue weighted by Crippen LogP contribution is -2.07. The Balaban J connectivity index is 2.37. The van der Waals surface area contributed by atoms with E-state index in [1.807, 2.05) is 0 Å². The van der Waals surface area contributed by atoms with Crippen molar-refractivity contribution in [3.05, 3.63) is 45.1 Å². The van der Waals surface area contributed by atoms with Crippen molar-refractivity contribution >= 4 is 34.2 Å². The molecular formula is C15H6Cl2F4N4O. The predicted octanol–water partition coefficient (Wildman–Crippen LogP) is 4.79. The summed E-state index contributed by atoms with van der Waals surface area (Å²) in [7, 11) is 0. The lowest BCUT2D eigenvalue weighted by atomic mass is 10.1. The van der Waals surface area contributed by atoms with Crippen molar-refractivity contribution in [1.29, 1.82) is 5.26 Å². The highest BCUT2D eigenvalue weighted by Crippen LogP contribution is 2.39. The van der Waals surface area contributed by atoms with Gasteiger partial charge in [0.1, 0.15) is 18.4 Å². The van der Waals surface area contributed by atoms with E-state index >= 15 is 0 Å². The van der Waals surface area contributed by atoms with Gasteiger partial charge in [-0.25, -0.2) is 9.07 Å². The first-order valence-corrected chi connectivity index (χ1v) is 7.57. The Bertz CT molecular complexity index is 1050. The van der Waals surface area contributed by atoms with E-state index in [2.05, 4.69) is 10.1 Å². The van der Waals surface area contributed by atoms with Gasteiger partial charge in [-0.3, -0.25) is 0 Å². The second-order valence-corrected chi connectivity index (χ2v) is 5.94. The van der Waals surface area contributed by atoms with Gasteiger partial charge >= 0.3 is 6.18 Å². The van der Waals surface area contributed by atoms with E-state index in [1.165, 1.54) is 0 Å². The molecule has 26 heavy (non-hydrogen) atoms. The van der Waals surface area contributed by atoms with Gasteiger partial charge in [-0.2, -0.15) is 28.5 Å². The first-order chi connectivity index (χ1) is 12.2. The standard InChI is InChI=1S/C15H6Cl2F4N4O/c16-8-2-7(15(19,20)21)3-9(17)13(8)25-14-12(10(5-22)24-25)6(4-18)1-11(26)23-14/h1-3H,4H2,(H,23,26). The SMILES string of the molecule is N#Cc1nn(-c2c(Cl)cc(C(F)(F)F)cc2Cl)c2nc(O)cc(CF)c12. The summed E-state index contributed by atoms with van der Waals surface area (Å²) in [4.78, 5) is 3.78. The van der Waals surface area contributed by atoms with E-state index in [0.717, 1.165) is 10.7 Å². The van der Waals surface area contributed by atoms with Crippen molar-refractivity contribution in [3.63, 3.8) is 0 Å². The number of fused-ring (bicyclic) bond motifs is 1. The minimum Gasteiger partial charge on any atom is -0.493 e. The fourth-order valence-corrected chi connectivity index (χ4v) is 3.10. The van der Waals surface area contributed by atoms with Crippen LogP contribution in [0.2, 0.25) is 10.0 Å². The molecule has 3 aromatic rings. The zero-order valence-electron chi connectivity index (χ0n) is 12.4. The molecule has 0 unspecified atom stereocenters. The molecule has 1 N–H and O–H groups in total. The summed E-state index contributed by atoms with van der Waals surface area (Å²) in [6, 6.07) is 4.04. The highest BCUT2D eigenvalue weighted by molar-refractivity contribution is 6.38. The third-order valence-corrected chi connectivity index (χ3v) is 4.09. The topological polar surface area (TPSA) is 74.7 Å². The average Bonchev–Trinajstić information content (AvgIpc) is 2.91. The van der Waals surface area contributed by atoms with Crippen LogP contribution in [0.25, 0.3) is 16.7 Å². The van der Waals surface area contributed by atoms with Gasteiger partial charge in [0.25, 0.3) is 0 Å². The van der Waals surface area contributed by atoms with E-state index in [0.29, 0.717) is 12.1 Å². The summed E-state index contributed by atoms with van der Waals surface area (Å²) in [5, 5.41) is 22.0. The van der Waals surface area contributed by atoms with Crippen LogP contribution in [0.15, 0.2) is 18.2 Å². The van der Waals surface area contributed by atoms with Crippen LogP contribution in [0.1, 0.15) is 16.8 Å². The van der Waals surface area contributed by atoms with Crippen molar-refractivity contribution in [3.8, 4) is 17.6 Å². The van der Waals surface area contributed by atoms with E-state index in [9.17, 15) is 27.9 Å². The fraction of sp³-hybridized carbons (Fsp3) is 0.133. The van der Waals surface area contributed by atoms with Gasteiger partial charge in [0, 0.05) is 11.6 Å². The Labute approximate surface area is 153 Å². The summed E-state index contributed by atoms with van der Waals surface area (Å²) in [6.07, 6.45) is -4.67. The molecule has 0 spiro atoms. The second-order valence-electron chi connectivity index (χ2n) is 5.13. The van der Waals surface area contributed by atoms with Gasteiger partial charge in [-0.1, -0.05) is 23.2 Å². The molecule has 0 amide bonds. The third-order valence-electron chi connectivity index (χ3n) is 3.51. The zero-order valence-corrected chi connectivity index (χ0v) is 14.0. The maximum atomic E-state index is 13.2. The number of nitriles is 1. The van der Waals surface area contributed by atoms with Gasteiger partial charge in [0.05, 0.1) is 21.0 Å². The van der Waals surface area contributed by atoms with Crippen molar-refractivity contribution in [2.24, 2.45) is 0 Å². The van der Waals surface area contributed by atoms with Crippen LogP contribution >= 0.6 is 23.2 Å². The largest absolute Gasteiger partial charge is 0.493 e. The molecule has 2 heterocycles. The molecule has 0 saturated heterocycles. The number of aromatic hydroxyl groups is 1. The van der Waals surface area contributed by atoms with Gasteiger partial charge in [0.2, 0.25) is 5.88 Å². The Morgan fingerprint density at radius 3 is 2.31 bits per heavy atom. The van der Waals surface area contributed by atoms with E-state index in [4.69, 9.17) is 23.2 Å². The van der Waals surface area contributed by atoms with Crippen LogP contribution in [-0.2, 0) is 12.9 Å². The number of nitrogens with zero attached hydrogens (tertiary/aromatic N) is 4. The van der Waals surface area contributed by atoms with E-state index in [-0.39, 0.29) is 28.0 Å². The zero-order chi connectivity index (χ0) is 19.2. The number of alkyl halides is 4. The highest BCUT2D eigenvalue weighted by Gasteiger charge is 2.33. The normalized spacial score (nSPS) is 11.7. The molecule has 0 aliphatic heterocycles. The first kappa shape index (κ1) is 18.2. The molecule has 0 fully saturated rings. The van der Waals surface area contributed by atoms with Gasteiger partial charge in [0.15, 0.2) is 11.3 Å². The third kappa shape index (κ3) is 2.91. The molecule has 0 saturated carbocycles. The van der Waals surface area contributed by atoms with Crippen LogP contribution in [0, 0.1) is 11.3 Å². The predicted molar refractivity (Wildman–Crippen MR) is 85.1 cm³/mol. The summed E-state index contributed by atoms with van der Waals surface area (Å²) in [6.45, 7) is -1.03. The van der Waals surface area contributed by atoms with Crippen LogP contribution < -0.4 is 0 Å². The van der Waals surface area contributed by atoms with Crippen molar-refractivity contribution in [2.45, 2.75) is 12.9 Å². The van der Waals surface area contributed by atoms with Crippen LogP contribution in [0.3, 0.4) is 0 Å². The minimum absolute atomic E-state index is 0.000156. The Morgan fingerprint density at radius 1 is 1.19 bits per heavy atom. The molecule has 0 aliphatic rings. The smallest absolute Gasteiger partial charge is 0.416 e. The van der Waals surface area contributed by atoms with Crippen molar-refractivity contribution in [1.82, 2.24) is 14.8 Å². The van der Waals surface area contributed by atoms with Gasteiger partial charge in [-0.05, 0) is 12.1 Å². The average molecular weight is 405 g/mol. The molecule has 0 bridgehead atoms. The molecule has 11 heteroatoms. The molecule has 134 valence electrons. The number of rotatable bonds is 2. The molecular weight excluding hydrogens is 399 g/mol. The number of benzene rings is 1. The molecule has 0 aliphatic carbocycles. The monoisotopic (exact) mass is 404 g/mol. The number of aromatic nitrogens is 3. The van der Waals surface area contributed by atoms with Gasteiger partial charge < -0.3 is 5.11 Å². The van der Waals surface area contributed by atoms with Crippen LogP contribution in [0.5, 0.6) is 5.88 Å². The van der Waals surface area contributed by atoms with E-state index < -0.39 is 34.3 Å². The maximum absolute atomic E-state index is 13.2. The second kappa shape index (κ2) is 6.30. The lowest BCUT2D eigenvalue weighted by Gasteiger charge is -2.12. The maximum Gasteiger partial charge on any atom is 0.416 e. The molecule has 2 aromatic heterocycles. The molecule has 5 nitrogen and oxygen atoms in total. The quantitative estimate of drug-likeness (QED) is 0.622. The number of pyridine rings is 1. The number of hydrogen-bond acceptors (Lipinski definition) is 4. The summed E-state index contributed by atoms with van der Waals surface area (Å²) in [5.41, 5.74) is -1.73. The first-order valence-electron chi connectivity index (χ1n) is 6.81. The van der Waals surface area contributed by atoms with Gasteiger partial charge in [-0.15, -0.1) is 0 Å². The summed E-state index contributed by atoms with van der Waals surface area (Å²) < 4.78 is 52.8. The highest BCUT2D eigenvalue weighted by atomic mass is 35.5. The molecule has 0 radical (unpaired) electrons. The number of halogens is 6. The summed E-state index contributed by atoms with van der Waals surface area (Å²) in [5.74, 6) is -0.560. The van der Waals surface area contributed by atoms with Crippen molar-refractivity contribution < 1.29 is 22.7 Å². The summed E-state index contributed by atoms with van der Waals surface area (Å²) >= 11 is 11.9. The number of hydrogen-bond donors (Lipinski definition) is 1. The van der Waals surface area contributed by atoms with Crippen LogP contribution in [-0.4, -0.2) is 19.9 Å². The molecule has 0 atom stereocenters. The molecule has 1 aromatic carbocycles. The van der Waals surface area contributed by atoms with E-state index in [1.54, 1.807) is 6.07 Å². The minimum atomic E-state index is -4.67. The molecule has 3 rings (SSSR count). The van der Waals surface area contributed by atoms with Crippen LogP contribution in [0.4, 0.5) is 17.6 Å².